The lowest BCUT2D eigenvalue weighted by atomic mass is 10.1. The van der Waals surface area contributed by atoms with Gasteiger partial charge in [0, 0.05) is 36.7 Å². The number of nitrogens with two attached hydrogens (primary N) is 1. The summed E-state index contributed by atoms with van der Waals surface area (Å²) < 4.78 is 7.49. The molecule has 1 fully saturated rings. The largest absolute Gasteiger partial charge is 0.387 e. The number of anilines is 1. The van der Waals surface area contributed by atoms with Crippen LogP contribution < -0.4 is 11.1 Å². The standard InChI is InChI=1S/C19H23N7O5S/c20-5-6-32-8-13-15(27)16(28)19(31-13)25-10-24-14-17(22-9-23-18(14)25)21-7-11-1-3-12(4-2-11)26(29)30/h1-4,9-10,13,15-16,19,27-28H,5-8,20H2,(H,21,22,23)/t13-,15-,16+,19+/m0/s1. The van der Waals surface area contributed by atoms with E-state index >= 15 is 0 Å². The molecule has 1 aliphatic heterocycles. The van der Waals surface area contributed by atoms with Crippen molar-refractivity contribution in [2.45, 2.75) is 31.1 Å². The molecule has 0 aliphatic carbocycles. The number of ether oxygens (including phenoxy) is 1. The first-order valence-corrected chi connectivity index (χ1v) is 11.1. The van der Waals surface area contributed by atoms with E-state index in [1.807, 2.05) is 0 Å². The fourth-order valence-corrected chi connectivity index (χ4v) is 4.31. The highest BCUT2D eigenvalue weighted by Crippen LogP contribution is 2.33. The van der Waals surface area contributed by atoms with E-state index in [0.29, 0.717) is 35.8 Å². The van der Waals surface area contributed by atoms with Crippen LogP contribution in [0.15, 0.2) is 36.9 Å². The van der Waals surface area contributed by atoms with E-state index in [4.69, 9.17) is 10.5 Å². The second-order valence-electron chi connectivity index (χ2n) is 7.23. The van der Waals surface area contributed by atoms with E-state index in [9.17, 15) is 20.3 Å². The number of aromatic nitrogens is 4. The zero-order valence-corrected chi connectivity index (χ0v) is 17.8. The number of benzene rings is 1. The molecule has 3 aromatic rings. The van der Waals surface area contributed by atoms with Crippen molar-refractivity contribution in [1.29, 1.82) is 0 Å². The Morgan fingerprint density at radius 2 is 2.00 bits per heavy atom. The van der Waals surface area contributed by atoms with Crippen molar-refractivity contribution in [1.82, 2.24) is 19.5 Å². The Morgan fingerprint density at radius 1 is 1.22 bits per heavy atom. The van der Waals surface area contributed by atoms with Crippen molar-refractivity contribution in [2.24, 2.45) is 5.73 Å². The molecule has 0 unspecified atom stereocenters. The first-order valence-electron chi connectivity index (χ1n) is 9.93. The molecular formula is C19H23N7O5S. The normalized spacial score (nSPS) is 23.0. The van der Waals surface area contributed by atoms with Gasteiger partial charge in [-0.05, 0) is 5.56 Å². The maximum Gasteiger partial charge on any atom is 0.269 e. The number of aliphatic hydroxyl groups excluding tert-OH is 2. The van der Waals surface area contributed by atoms with Crippen LogP contribution in [0.2, 0.25) is 0 Å². The van der Waals surface area contributed by atoms with Crippen molar-refractivity contribution in [3.8, 4) is 0 Å². The highest BCUT2D eigenvalue weighted by atomic mass is 32.2. The van der Waals surface area contributed by atoms with Crippen LogP contribution in [-0.4, -0.2) is 71.0 Å². The minimum absolute atomic E-state index is 0.0222. The van der Waals surface area contributed by atoms with Gasteiger partial charge in [0.2, 0.25) is 0 Å². The van der Waals surface area contributed by atoms with Gasteiger partial charge in [-0.3, -0.25) is 14.7 Å². The number of aliphatic hydroxyl groups is 2. The molecule has 2 aromatic heterocycles. The maximum absolute atomic E-state index is 10.8. The first kappa shape index (κ1) is 22.4. The average Bonchev–Trinajstić information content (AvgIpc) is 3.35. The summed E-state index contributed by atoms with van der Waals surface area (Å²) in [4.78, 5) is 23.2. The van der Waals surface area contributed by atoms with Crippen molar-refractivity contribution in [3.63, 3.8) is 0 Å². The molecule has 12 nitrogen and oxygen atoms in total. The number of rotatable bonds is 9. The SMILES string of the molecule is NCCSC[C@@H]1O[C@@H](n2cnc3c(NCc4ccc([N+](=O)[O-])cc4)ncnc32)[C@H](O)[C@H]1O. The van der Waals surface area contributed by atoms with Crippen molar-refractivity contribution < 1.29 is 19.9 Å². The van der Waals surface area contributed by atoms with Crippen molar-refractivity contribution in [2.75, 3.05) is 23.4 Å². The summed E-state index contributed by atoms with van der Waals surface area (Å²) in [7, 11) is 0. The Hall–Kier alpha value is -2.84. The average molecular weight is 462 g/mol. The number of fused-ring (bicyclic) bond motifs is 1. The monoisotopic (exact) mass is 461 g/mol. The molecule has 1 aliphatic rings. The molecule has 0 amide bonds. The summed E-state index contributed by atoms with van der Waals surface area (Å²) in [6, 6.07) is 6.20. The molecule has 1 aromatic carbocycles. The Bertz CT molecular complexity index is 1080. The van der Waals surface area contributed by atoms with Crippen LogP contribution in [0.5, 0.6) is 0 Å². The van der Waals surface area contributed by atoms with Gasteiger partial charge in [0.05, 0.1) is 17.4 Å². The van der Waals surface area contributed by atoms with Gasteiger partial charge in [-0.1, -0.05) is 12.1 Å². The van der Waals surface area contributed by atoms with Gasteiger partial charge in [0.25, 0.3) is 5.69 Å². The van der Waals surface area contributed by atoms with E-state index in [0.717, 1.165) is 11.3 Å². The van der Waals surface area contributed by atoms with Crippen molar-refractivity contribution in [3.05, 3.63) is 52.6 Å². The van der Waals surface area contributed by atoms with Crippen LogP contribution in [0, 0.1) is 10.1 Å². The summed E-state index contributed by atoms with van der Waals surface area (Å²) in [5, 5.41) is 34.9. The highest BCUT2D eigenvalue weighted by molar-refractivity contribution is 7.99. The molecule has 5 N–H and O–H groups in total. The molecule has 13 heteroatoms. The Morgan fingerprint density at radius 3 is 2.72 bits per heavy atom. The van der Waals surface area contributed by atoms with E-state index in [1.165, 1.54) is 24.8 Å². The van der Waals surface area contributed by atoms with Crippen molar-refractivity contribution >= 4 is 34.4 Å². The Balaban J connectivity index is 1.50. The minimum atomic E-state index is -1.14. The summed E-state index contributed by atoms with van der Waals surface area (Å²) in [6.07, 6.45) is -0.689. The first-order chi connectivity index (χ1) is 15.5. The zero-order chi connectivity index (χ0) is 22.7. The maximum atomic E-state index is 10.8. The Kier molecular flexibility index (Phi) is 6.81. The molecule has 4 atom stereocenters. The molecule has 0 bridgehead atoms. The molecule has 0 spiro atoms. The predicted octanol–water partition coefficient (Wildman–Crippen LogP) is 0.658. The number of hydrogen-bond donors (Lipinski definition) is 4. The third-order valence-corrected chi connectivity index (χ3v) is 6.21. The van der Waals surface area contributed by atoms with E-state index < -0.39 is 29.5 Å². The molecule has 3 heterocycles. The van der Waals surface area contributed by atoms with Gasteiger partial charge < -0.3 is 26.0 Å². The van der Waals surface area contributed by atoms with E-state index in [-0.39, 0.29) is 5.69 Å². The molecule has 0 radical (unpaired) electrons. The molecular weight excluding hydrogens is 438 g/mol. The summed E-state index contributed by atoms with van der Waals surface area (Å²) >= 11 is 1.55. The summed E-state index contributed by atoms with van der Waals surface area (Å²) in [5.41, 5.74) is 7.27. The number of thioether (sulfide) groups is 1. The van der Waals surface area contributed by atoms with Crippen LogP contribution in [0.25, 0.3) is 11.2 Å². The lowest BCUT2D eigenvalue weighted by Gasteiger charge is -2.16. The molecule has 1 saturated heterocycles. The van der Waals surface area contributed by atoms with Gasteiger partial charge in [-0.2, -0.15) is 11.8 Å². The topological polar surface area (TPSA) is 174 Å². The minimum Gasteiger partial charge on any atom is -0.387 e. The highest BCUT2D eigenvalue weighted by Gasteiger charge is 2.44. The lowest BCUT2D eigenvalue weighted by Crippen LogP contribution is -2.32. The lowest BCUT2D eigenvalue weighted by molar-refractivity contribution is -0.384. The van der Waals surface area contributed by atoms with Crippen LogP contribution in [-0.2, 0) is 11.3 Å². The quantitative estimate of drug-likeness (QED) is 0.200. The number of nitro groups is 1. The van der Waals surface area contributed by atoms with Gasteiger partial charge in [-0.15, -0.1) is 0 Å². The molecule has 32 heavy (non-hydrogen) atoms. The number of hydrogen-bond acceptors (Lipinski definition) is 11. The number of nitrogens with one attached hydrogen (secondary N) is 1. The van der Waals surface area contributed by atoms with Gasteiger partial charge >= 0.3 is 0 Å². The summed E-state index contributed by atoms with van der Waals surface area (Å²) in [6.45, 7) is 0.900. The number of non-ortho nitro benzene ring substituents is 1. The van der Waals surface area contributed by atoms with E-state index in [1.54, 1.807) is 28.5 Å². The predicted molar refractivity (Wildman–Crippen MR) is 118 cm³/mol. The van der Waals surface area contributed by atoms with Gasteiger partial charge in [0.15, 0.2) is 23.2 Å². The Labute approximate surface area is 187 Å². The molecule has 170 valence electrons. The third kappa shape index (κ3) is 4.52. The van der Waals surface area contributed by atoms with Crippen LogP contribution in [0.3, 0.4) is 0 Å². The second kappa shape index (κ2) is 9.75. The number of nitrogens with zero attached hydrogens (tertiary/aromatic N) is 5. The molecule has 4 rings (SSSR count). The summed E-state index contributed by atoms with van der Waals surface area (Å²) in [5.74, 6) is 1.71. The third-order valence-electron chi connectivity index (χ3n) is 5.12. The van der Waals surface area contributed by atoms with Crippen LogP contribution >= 0.6 is 11.8 Å². The molecule has 0 saturated carbocycles. The number of imidazole rings is 1. The van der Waals surface area contributed by atoms with Gasteiger partial charge in [0.1, 0.15) is 18.5 Å². The smallest absolute Gasteiger partial charge is 0.269 e. The fourth-order valence-electron chi connectivity index (χ4n) is 3.47. The zero-order valence-electron chi connectivity index (χ0n) is 16.9. The van der Waals surface area contributed by atoms with Gasteiger partial charge in [-0.25, -0.2) is 15.0 Å². The second-order valence-corrected chi connectivity index (χ2v) is 8.38. The van der Waals surface area contributed by atoms with Crippen LogP contribution in [0.1, 0.15) is 11.8 Å². The number of nitro benzene ring substituents is 1. The fraction of sp³-hybridized carbons (Fsp3) is 0.421. The van der Waals surface area contributed by atoms with Crippen LogP contribution in [0.4, 0.5) is 11.5 Å². The van der Waals surface area contributed by atoms with E-state index in [2.05, 4.69) is 20.3 Å².